The first-order chi connectivity index (χ1) is 15.5. The molecule has 1 aromatic heterocycles. The van der Waals surface area contributed by atoms with E-state index in [1.165, 1.54) is 60.5 Å². The maximum atomic E-state index is 13.1. The number of nitrogens with zero attached hydrogens (tertiary/aromatic N) is 2. The summed E-state index contributed by atoms with van der Waals surface area (Å²) in [5, 5.41) is 17.6. The molecule has 4 rings (SSSR count). The Morgan fingerprint density at radius 2 is 1.85 bits per heavy atom. The summed E-state index contributed by atoms with van der Waals surface area (Å²) in [6, 6.07) is 7.80. The van der Waals surface area contributed by atoms with Gasteiger partial charge in [0.2, 0.25) is 5.43 Å². The summed E-state index contributed by atoms with van der Waals surface area (Å²) in [6.45, 7) is 0.485. The number of fused-ring (bicyclic) bond motifs is 1. The predicted octanol–water partition coefficient (Wildman–Crippen LogP) is 2.27. The molecule has 0 bridgehead atoms. The molecule has 1 aliphatic carbocycles. The second-order valence-corrected chi connectivity index (χ2v) is 7.86. The fraction of sp³-hybridized carbons (Fsp3) is 0.429. The van der Waals surface area contributed by atoms with Crippen LogP contribution >= 0.6 is 0 Å². The maximum Gasteiger partial charge on any atom is 0.490 e. The molecular weight excluding hydrogens is 448 g/mol. The van der Waals surface area contributed by atoms with Gasteiger partial charge >= 0.3 is 12.1 Å². The number of carbonyl (C=O) groups excluding carboxylic acids is 1. The van der Waals surface area contributed by atoms with Crippen LogP contribution in [0.3, 0.4) is 0 Å². The molecule has 0 unspecified atom stereocenters. The molecule has 2 aromatic rings. The van der Waals surface area contributed by atoms with Gasteiger partial charge in [-0.3, -0.25) is 9.59 Å². The lowest BCUT2D eigenvalue weighted by molar-refractivity contribution is -0.192. The van der Waals surface area contributed by atoms with Crippen LogP contribution in [0, 0.1) is 11.7 Å². The summed E-state index contributed by atoms with van der Waals surface area (Å²) in [5.41, 5.74) is -0.0159. The zero-order chi connectivity index (χ0) is 24.2. The van der Waals surface area contributed by atoms with E-state index in [4.69, 9.17) is 9.90 Å². The van der Waals surface area contributed by atoms with Crippen LogP contribution in [-0.4, -0.2) is 51.6 Å². The highest BCUT2D eigenvalue weighted by molar-refractivity contribution is 5.92. The highest BCUT2D eigenvalue weighted by atomic mass is 19.4. The van der Waals surface area contributed by atoms with Gasteiger partial charge in [-0.05, 0) is 49.4 Å². The Morgan fingerprint density at radius 1 is 1.18 bits per heavy atom. The van der Waals surface area contributed by atoms with Crippen molar-refractivity contribution in [1.29, 1.82) is 0 Å². The number of hydrogen-bond donors (Lipinski definition) is 3. The number of aliphatic carboxylic acids is 1. The van der Waals surface area contributed by atoms with Crippen LogP contribution < -0.4 is 16.1 Å². The van der Waals surface area contributed by atoms with E-state index in [2.05, 4.69) is 15.7 Å². The molecule has 12 heteroatoms. The molecule has 3 atom stereocenters. The number of carboxylic acids is 1. The number of aromatic nitrogens is 2. The smallest absolute Gasteiger partial charge is 0.475 e. The Morgan fingerprint density at radius 3 is 2.45 bits per heavy atom. The lowest BCUT2D eigenvalue weighted by atomic mass is 10.0. The summed E-state index contributed by atoms with van der Waals surface area (Å²) in [6.07, 6.45) is 1.18. The van der Waals surface area contributed by atoms with Crippen LogP contribution in [0.5, 0.6) is 0 Å². The van der Waals surface area contributed by atoms with Crippen LogP contribution in [0.1, 0.15) is 36.2 Å². The normalized spacial score (nSPS) is 21.6. The molecule has 2 aliphatic rings. The van der Waals surface area contributed by atoms with Gasteiger partial charge in [-0.1, -0.05) is 6.42 Å². The molecule has 1 saturated heterocycles. The van der Waals surface area contributed by atoms with E-state index in [9.17, 15) is 27.2 Å². The topological polar surface area (TPSA) is 113 Å². The van der Waals surface area contributed by atoms with Crippen molar-refractivity contribution < 1.29 is 32.3 Å². The van der Waals surface area contributed by atoms with E-state index in [1.807, 2.05) is 0 Å². The lowest BCUT2D eigenvalue weighted by Crippen LogP contribution is -2.41. The van der Waals surface area contributed by atoms with Gasteiger partial charge < -0.3 is 15.7 Å². The average molecular weight is 470 g/mol. The van der Waals surface area contributed by atoms with Crippen molar-refractivity contribution in [3.8, 4) is 5.69 Å². The first-order valence-electron chi connectivity index (χ1n) is 10.2. The second-order valence-electron chi connectivity index (χ2n) is 7.86. The van der Waals surface area contributed by atoms with Gasteiger partial charge in [-0.25, -0.2) is 13.9 Å². The number of carbonyl (C=O) groups is 2. The summed E-state index contributed by atoms with van der Waals surface area (Å²) in [5.74, 6) is -2.89. The molecule has 1 saturated carbocycles. The summed E-state index contributed by atoms with van der Waals surface area (Å²) >= 11 is 0. The number of alkyl halides is 3. The van der Waals surface area contributed by atoms with Gasteiger partial charge in [0.05, 0.1) is 5.69 Å². The Labute approximate surface area is 185 Å². The zero-order valence-electron chi connectivity index (χ0n) is 17.3. The van der Waals surface area contributed by atoms with Crippen molar-refractivity contribution in [3.63, 3.8) is 0 Å². The molecule has 1 amide bonds. The number of nitrogens with one attached hydrogen (secondary N) is 2. The van der Waals surface area contributed by atoms with Gasteiger partial charge in [0.1, 0.15) is 5.82 Å². The Hall–Kier alpha value is -3.28. The van der Waals surface area contributed by atoms with Crippen LogP contribution in [0.15, 0.2) is 41.3 Å². The van der Waals surface area contributed by atoms with Crippen molar-refractivity contribution in [2.75, 3.05) is 6.54 Å². The number of carboxylic acid groups (broad SMARTS) is 1. The maximum absolute atomic E-state index is 13.1. The minimum atomic E-state index is -5.08. The molecule has 3 N–H and O–H groups in total. The van der Waals surface area contributed by atoms with Crippen molar-refractivity contribution in [2.24, 2.45) is 5.92 Å². The average Bonchev–Trinajstić information content (AvgIpc) is 3.35. The molecule has 8 nitrogen and oxygen atoms in total. The SMILES string of the molecule is O=C(NC[C@@H]1C[C@@H]2CCC[C@@H]2N1)c1nn(-c2ccc(F)cc2)ccc1=O.O=C(O)C(F)(F)F. The van der Waals surface area contributed by atoms with Gasteiger partial charge in [0.15, 0.2) is 5.69 Å². The number of amides is 1. The summed E-state index contributed by atoms with van der Waals surface area (Å²) in [7, 11) is 0. The number of rotatable bonds is 4. The number of hydrogen-bond acceptors (Lipinski definition) is 5. The first kappa shape index (κ1) is 24.4. The van der Waals surface area contributed by atoms with Gasteiger partial charge in [-0.15, -0.1) is 0 Å². The zero-order valence-corrected chi connectivity index (χ0v) is 17.3. The molecule has 33 heavy (non-hydrogen) atoms. The fourth-order valence-corrected chi connectivity index (χ4v) is 4.02. The van der Waals surface area contributed by atoms with Crippen molar-refractivity contribution in [2.45, 2.75) is 43.9 Å². The molecule has 1 aromatic carbocycles. The van der Waals surface area contributed by atoms with Gasteiger partial charge in [-0.2, -0.15) is 18.3 Å². The van der Waals surface area contributed by atoms with E-state index >= 15 is 0 Å². The highest BCUT2D eigenvalue weighted by Crippen LogP contribution is 2.34. The molecule has 1 aliphatic heterocycles. The summed E-state index contributed by atoms with van der Waals surface area (Å²) < 4.78 is 46.2. The molecule has 0 spiro atoms. The molecule has 2 fully saturated rings. The van der Waals surface area contributed by atoms with Gasteiger partial charge in [0, 0.05) is 30.9 Å². The van der Waals surface area contributed by atoms with E-state index in [0.29, 0.717) is 24.2 Å². The third-order valence-corrected chi connectivity index (χ3v) is 5.56. The minimum absolute atomic E-state index is 0.157. The lowest BCUT2D eigenvalue weighted by Gasteiger charge is -2.14. The number of benzene rings is 1. The Kier molecular flexibility index (Phi) is 7.46. The standard InChI is InChI=1S/C19H21FN4O2.C2HF3O2/c20-13-4-6-15(7-5-13)24-9-8-17(25)18(23-24)19(26)21-11-14-10-12-2-1-3-16(12)22-14;3-2(4,5)1(6)7/h4-9,12,14,16,22H,1-3,10-11H2,(H,21,26);(H,6,7)/t12-,14-,16-;/m0./s1. The second kappa shape index (κ2) is 10.1. The van der Waals surface area contributed by atoms with Crippen molar-refractivity contribution in [1.82, 2.24) is 20.4 Å². The van der Waals surface area contributed by atoms with Crippen LogP contribution in [0.25, 0.3) is 5.69 Å². The fourth-order valence-electron chi connectivity index (χ4n) is 4.02. The van der Waals surface area contributed by atoms with E-state index in [0.717, 1.165) is 6.42 Å². The predicted molar refractivity (Wildman–Crippen MR) is 108 cm³/mol. The van der Waals surface area contributed by atoms with Crippen LogP contribution in [0.4, 0.5) is 17.6 Å². The highest BCUT2D eigenvalue weighted by Gasteiger charge is 2.38. The largest absolute Gasteiger partial charge is 0.490 e. The monoisotopic (exact) mass is 470 g/mol. The van der Waals surface area contributed by atoms with E-state index in [1.54, 1.807) is 0 Å². The van der Waals surface area contributed by atoms with Gasteiger partial charge in [0.25, 0.3) is 5.91 Å². The minimum Gasteiger partial charge on any atom is -0.475 e. The van der Waals surface area contributed by atoms with Crippen molar-refractivity contribution in [3.05, 3.63) is 58.3 Å². The molecular formula is C21H22F4N4O4. The quantitative estimate of drug-likeness (QED) is 0.591. The summed E-state index contributed by atoms with van der Waals surface area (Å²) in [4.78, 5) is 33.4. The number of halogens is 4. The third-order valence-electron chi connectivity index (χ3n) is 5.56. The molecule has 0 radical (unpaired) electrons. The van der Waals surface area contributed by atoms with E-state index < -0.39 is 23.5 Å². The van der Waals surface area contributed by atoms with E-state index in [-0.39, 0.29) is 17.6 Å². The Balaban J connectivity index is 0.000000383. The third kappa shape index (κ3) is 6.37. The van der Waals surface area contributed by atoms with Crippen LogP contribution in [0.2, 0.25) is 0 Å². The first-order valence-corrected chi connectivity index (χ1v) is 10.2. The Bertz CT molecular complexity index is 1040. The molecule has 178 valence electrons. The molecule has 2 heterocycles. The van der Waals surface area contributed by atoms with Crippen LogP contribution in [-0.2, 0) is 4.79 Å². The van der Waals surface area contributed by atoms with Crippen molar-refractivity contribution >= 4 is 11.9 Å².